The fourth-order valence-electron chi connectivity index (χ4n) is 2.21. The standard InChI is InChI=1S/C19H16ClF3N4O4/c1-18(2,3)31-16(29)10-30-15(28)5-4-14-11(7-24)8-26-27(14)17-13(20)6-12(9-25-17)19(21,22)23/h4-6,8-9H,10H2,1-3H3/b5-4+. The largest absolute Gasteiger partial charge is 0.457 e. The average molecular weight is 457 g/mol. The molecule has 0 fully saturated rings. The number of hydrogen-bond acceptors (Lipinski definition) is 7. The molecule has 0 radical (unpaired) electrons. The number of esters is 2. The molecule has 0 aliphatic rings. The lowest BCUT2D eigenvalue weighted by Crippen LogP contribution is -2.27. The highest BCUT2D eigenvalue weighted by Crippen LogP contribution is 2.32. The summed E-state index contributed by atoms with van der Waals surface area (Å²) in [4.78, 5) is 27.1. The van der Waals surface area contributed by atoms with Crippen molar-refractivity contribution < 1.29 is 32.2 Å². The van der Waals surface area contributed by atoms with Gasteiger partial charge in [-0.3, -0.25) is 0 Å². The number of pyridine rings is 1. The summed E-state index contributed by atoms with van der Waals surface area (Å²) in [6.45, 7) is 4.32. The van der Waals surface area contributed by atoms with E-state index in [1.54, 1.807) is 20.8 Å². The summed E-state index contributed by atoms with van der Waals surface area (Å²) in [5.41, 5.74) is -1.79. The molecular formula is C19H16ClF3N4O4. The van der Waals surface area contributed by atoms with E-state index in [4.69, 9.17) is 21.1 Å². The highest BCUT2D eigenvalue weighted by Gasteiger charge is 2.32. The van der Waals surface area contributed by atoms with Gasteiger partial charge in [0.2, 0.25) is 0 Å². The van der Waals surface area contributed by atoms with Gasteiger partial charge in [-0.2, -0.15) is 23.5 Å². The lowest BCUT2D eigenvalue weighted by Gasteiger charge is -2.19. The van der Waals surface area contributed by atoms with Gasteiger partial charge in [0.25, 0.3) is 0 Å². The zero-order valence-corrected chi connectivity index (χ0v) is 17.3. The lowest BCUT2D eigenvalue weighted by molar-refractivity contribution is -0.164. The Morgan fingerprint density at radius 2 is 1.97 bits per heavy atom. The molecule has 2 rings (SSSR count). The van der Waals surface area contributed by atoms with Crippen LogP contribution in [-0.4, -0.2) is 38.9 Å². The number of aromatic nitrogens is 3. The number of nitrogens with zero attached hydrogens (tertiary/aromatic N) is 4. The maximum absolute atomic E-state index is 12.8. The van der Waals surface area contributed by atoms with Gasteiger partial charge in [0.15, 0.2) is 12.4 Å². The molecular weight excluding hydrogens is 441 g/mol. The predicted octanol–water partition coefficient (Wildman–Crippen LogP) is 3.71. The topological polar surface area (TPSA) is 107 Å². The van der Waals surface area contributed by atoms with Crippen molar-refractivity contribution in [3.63, 3.8) is 0 Å². The number of ether oxygens (including phenoxy) is 2. The highest BCUT2D eigenvalue weighted by atomic mass is 35.5. The zero-order chi connectivity index (χ0) is 23.4. The van der Waals surface area contributed by atoms with Gasteiger partial charge in [0.1, 0.15) is 11.7 Å². The molecule has 2 aromatic heterocycles. The maximum atomic E-state index is 12.8. The first kappa shape index (κ1) is 23.9. The van der Waals surface area contributed by atoms with E-state index in [2.05, 4.69) is 10.1 Å². The predicted molar refractivity (Wildman–Crippen MR) is 102 cm³/mol. The first-order valence-electron chi connectivity index (χ1n) is 8.59. The second kappa shape index (κ2) is 9.18. The molecule has 0 unspecified atom stereocenters. The van der Waals surface area contributed by atoms with Crippen LogP contribution >= 0.6 is 11.6 Å². The fourth-order valence-corrected chi connectivity index (χ4v) is 2.46. The molecule has 0 bridgehead atoms. The van der Waals surface area contributed by atoms with E-state index in [1.807, 2.05) is 6.07 Å². The van der Waals surface area contributed by atoms with Crippen LogP contribution in [0.25, 0.3) is 11.9 Å². The van der Waals surface area contributed by atoms with E-state index in [9.17, 15) is 28.0 Å². The Morgan fingerprint density at radius 3 is 2.52 bits per heavy atom. The minimum atomic E-state index is -4.64. The van der Waals surface area contributed by atoms with Gasteiger partial charge in [0, 0.05) is 12.3 Å². The van der Waals surface area contributed by atoms with Gasteiger partial charge in [-0.05, 0) is 32.9 Å². The molecule has 0 N–H and O–H groups in total. The highest BCUT2D eigenvalue weighted by molar-refractivity contribution is 6.32. The summed E-state index contributed by atoms with van der Waals surface area (Å²) >= 11 is 5.92. The van der Waals surface area contributed by atoms with Gasteiger partial charge in [0.05, 0.1) is 28.0 Å². The van der Waals surface area contributed by atoms with E-state index in [0.29, 0.717) is 12.3 Å². The minimum absolute atomic E-state index is 0.00560. The van der Waals surface area contributed by atoms with E-state index >= 15 is 0 Å². The Bertz CT molecular complexity index is 1070. The van der Waals surface area contributed by atoms with Crippen LogP contribution < -0.4 is 0 Å². The fraction of sp³-hybridized carbons (Fsp3) is 0.316. The number of rotatable bonds is 5. The van der Waals surface area contributed by atoms with Crippen molar-refractivity contribution in [3.05, 3.63) is 46.4 Å². The summed E-state index contributed by atoms with van der Waals surface area (Å²) in [5.74, 6) is -1.86. The molecule has 0 amide bonds. The summed E-state index contributed by atoms with van der Waals surface area (Å²) in [6.07, 6.45) is -0.897. The molecule has 0 atom stereocenters. The molecule has 0 aliphatic heterocycles. The van der Waals surface area contributed by atoms with E-state index in [1.165, 1.54) is 0 Å². The normalized spacial score (nSPS) is 11.9. The first-order valence-corrected chi connectivity index (χ1v) is 8.97. The Labute approximate surface area is 179 Å². The zero-order valence-electron chi connectivity index (χ0n) is 16.5. The van der Waals surface area contributed by atoms with Crippen molar-refractivity contribution in [1.29, 1.82) is 5.26 Å². The van der Waals surface area contributed by atoms with Crippen LogP contribution in [-0.2, 0) is 25.2 Å². The Hall–Kier alpha value is -3.39. The van der Waals surface area contributed by atoms with Gasteiger partial charge in [-0.25, -0.2) is 19.3 Å². The van der Waals surface area contributed by atoms with Crippen molar-refractivity contribution in [3.8, 4) is 11.9 Å². The molecule has 12 heteroatoms. The van der Waals surface area contributed by atoms with Crippen molar-refractivity contribution in [2.24, 2.45) is 0 Å². The SMILES string of the molecule is CC(C)(C)OC(=O)COC(=O)/C=C/c1c(C#N)cnn1-c1ncc(C(F)(F)F)cc1Cl. The molecule has 0 saturated heterocycles. The van der Waals surface area contributed by atoms with E-state index < -0.39 is 35.9 Å². The molecule has 8 nitrogen and oxygen atoms in total. The third-order valence-corrected chi connectivity index (χ3v) is 3.68. The third-order valence-electron chi connectivity index (χ3n) is 3.41. The Morgan fingerprint density at radius 1 is 1.29 bits per heavy atom. The molecule has 2 heterocycles. The molecule has 0 aliphatic carbocycles. The number of halogens is 4. The molecule has 0 aromatic carbocycles. The molecule has 31 heavy (non-hydrogen) atoms. The summed E-state index contributed by atoms with van der Waals surface area (Å²) < 4.78 is 49.2. The summed E-state index contributed by atoms with van der Waals surface area (Å²) in [7, 11) is 0. The number of nitriles is 1. The van der Waals surface area contributed by atoms with Gasteiger partial charge in [-0.1, -0.05) is 11.6 Å². The second-order valence-corrected chi connectivity index (χ2v) is 7.43. The maximum Gasteiger partial charge on any atom is 0.417 e. The molecule has 0 spiro atoms. The number of carbonyl (C=O) groups excluding carboxylic acids is 2. The van der Waals surface area contributed by atoms with Gasteiger partial charge >= 0.3 is 18.1 Å². The molecule has 164 valence electrons. The Kier molecular flexibility index (Phi) is 7.07. The third kappa shape index (κ3) is 6.55. The quantitative estimate of drug-likeness (QED) is 0.498. The minimum Gasteiger partial charge on any atom is -0.457 e. The van der Waals surface area contributed by atoms with Gasteiger partial charge in [-0.15, -0.1) is 0 Å². The van der Waals surface area contributed by atoms with E-state index in [0.717, 1.165) is 23.0 Å². The van der Waals surface area contributed by atoms with Gasteiger partial charge < -0.3 is 9.47 Å². The second-order valence-electron chi connectivity index (χ2n) is 7.02. The van der Waals surface area contributed by atoms with Crippen molar-refractivity contribution >= 4 is 29.6 Å². The van der Waals surface area contributed by atoms with Crippen LogP contribution in [0.5, 0.6) is 0 Å². The smallest absolute Gasteiger partial charge is 0.417 e. The molecule has 2 aromatic rings. The van der Waals surface area contributed by atoms with Crippen LogP contribution in [0.3, 0.4) is 0 Å². The Balaban J connectivity index is 2.24. The monoisotopic (exact) mass is 456 g/mol. The van der Waals surface area contributed by atoms with Crippen LogP contribution in [0.2, 0.25) is 5.02 Å². The number of alkyl halides is 3. The average Bonchev–Trinajstić information content (AvgIpc) is 3.05. The summed E-state index contributed by atoms with van der Waals surface area (Å²) in [5, 5.41) is 12.8. The number of hydrogen-bond donors (Lipinski definition) is 0. The van der Waals surface area contributed by atoms with Crippen LogP contribution in [0.15, 0.2) is 24.5 Å². The van der Waals surface area contributed by atoms with Crippen molar-refractivity contribution in [2.45, 2.75) is 32.5 Å². The first-order chi connectivity index (χ1) is 14.3. The van der Waals surface area contributed by atoms with Crippen molar-refractivity contribution in [1.82, 2.24) is 14.8 Å². The number of carbonyl (C=O) groups is 2. The van der Waals surface area contributed by atoms with Crippen LogP contribution in [0.4, 0.5) is 13.2 Å². The summed E-state index contributed by atoms with van der Waals surface area (Å²) in [6, 6.07) is 2.50. The van der Waals surface area contributed by atoms with E-state index in [-0.39, 0.29) is 22.1 Å². The van der Waals surface area contributed by atoms with Crippen LogP contribution in [0.1, 0.15) is 37.6 Å². The lowest BCUT2D eigenvalue weighted by atomic mass is 10.2. The molecule has 0 saturated carbocycles. The van der Waals surface area contributed by atoms with Crippen LogP contribution in [0, 0.1) is 11.3 Å². The van der Waals surface area contributed by atoms with Crippen molar-refractivity contribution in [2.75, 3.05) is 6.61 Å².